The maximum absolute atomic E-state index is 13.5. The lowest BCUT2D eigenvalue weighted by atomic mass is 9.68. The molecule has 1 N–H and O–H groups in total. The molecule has 262 valence electrons. The Bertz CT molecular complexity index is 1600. The number of halogens is 1. The lowest BCUT2D eigenvalue weighted by molar-refractivity contribution is -0.0410. The van der Waals surface area contributed by atoms with Crippen molar-refractivity contribution in [1.82, 2.24) is 4.72 Å². The number of nitrogens with zero attached hydrogens (tertiary/aromatic N) is 1. The number of hydrogen-bond acceptors (Lipinski definition) is 8. The molecule has 1 saturated carbocycles. The molecular weight excluding hydrogens is 652 g/mol. The van der Waals surface area contributed by atoms with Crippen molar-refractivity contribution in [3.63, 3.8) is 0 Å². The smallest absolute Gasteiger partial charge is 0.264 e. The molecule has 1 amide bonds. The summed E-state index contributed by atoms with van der Waals surface area (Å²) in [5.74, 6) is 0.505. The molecule has 1 spiro atoms. The minimum absolute atomic E-state index is 0.123. The lowest BCUT2D eigenvalue weighted by Gasteiger charge is -2.46. The number of allylic oxidation sites excluding steroid dienone is 1. The Hall–Kier alpha value is -2.63. The Balaban J connectivity index is 1.36. The summed E-state index contributed by atoms with van der Waals surface area (Å²) in [5, 5.41) is -0.0344. The van der Waals surface area contributed by atoms with E-state index in [4.69, 9.17) is 30.5 Å². The van der Waals surface area contributed by atoms with Gasteiger partial charge in [0.2, 0.25) is 10.0 Å². The van der Waals surface area contributed by atoms with Gasteiger partial charge in [-0.2, -0.15) is 0 Å². The summed E-state index contributed by atoms with van der Waals surface area (Å²) in [6.07, 6.45) is 9.68. The standard InChI is InChI=1S/C37H49ClN2O7S/c1-25-6-4-8-34(46-19-18-45-17-16-44-3)31-12-9-29(31)22-40-23-37(15-5-7-27-20-30(38)11-13-32(27)37)24-47-35-14-10-28(21-33(35)40)36(41)39-48(42,43)26(25)2/h4,8,10-11,13-14,20-21,25-26,29,31,34H,5-7,9,12,15-19,22-24H2,1-3H3,(H,39,41)/b8-4+/t25-,26+,29-,31+,34-,37-/m0/s1. The largest absolute Gasteiger partial charge is 0.490 e. The zero-order valence-electron chi connectivity index (χ0n) is 28.3. The topological polar surface area (TPSA) is 103 Å². The summed E-state index contributed by atoms with van der Waals surface area (Å²) in [4.78, 5) is 15.9. The second kappa shape index (κ2) is 15.1. The molecule has 2 bridgehead atoms. The van der Waals surface area contributed by atoms with E-state index in [1.807, 2.05) is 25.1 Å². The fraction of sp³-hybridized carbons (Fsp3) is 0.595. The van der Waals surface area contributed by atoms with Crippen molar-refractivity contribution in [1.29, 1.82) is 0 Å². The average Bonchev–Trinajstić information content (AvgIpc) is 3.20. The first-order valence-corrected chi connectivity index (χ1v) is 19.2. The third kappa shape index (κ3) is 7.58. The number of methoxy groups -OCH3 is 1. The quantitative estimate of drug-likeness (QED) is 0.280. The van der Waals surface area contributed by atoms with Gasteiger partial charge in [-0.05, 0) is 105 Å². The molecule has 6 rings (SSSR count). The number of anilines is 1. The zero-order valence-corrected chi connectivity index (χ0v) is 29.9. The van der Waals surface area contributed by atoms with Crippen LogP contribution in [0.1, 0.15) is 67.4 Å². The number of rotatable bonds is 7. The number of hydrogen-bond donors (Lipinski definition) is 1. The number of carbonyl (C=O) groups is 1. The van der Waals surface area contributed by atoms with Crippen LogP contribution in [-0.4, -0.2) is 78.9 Å². The summed E-state index contributed by atoms with van der Waals surface area (Å²) in [7, 11) is -2.28. The third-order valence-electron chi connectivity index (χ3n) is 11.0. The summed E-state index contributed by atoms with van der Waals surface area (Å²) < 4.78 is 53.0. The van der Waals surface area contributed by atoms with E-state index in [0.717, 1.165) is 49.4 Å². The fourth-order valence-electron chi connectivity index (χ4n) is 7.81. The lowest BCUT2D eigenvalue weighted by Crippen LogP contribution is -2.49. The van der Waals surface area contributed by atoms with Crippen molar-refractivity contribution < 1.29 is 32.2 Å². The van der Waals surface area contributed by atoms with E-state index < -0.39 is 21.2 Å². The Labute approximate surface area is 290 Å². The van der Waals surface area contributed by atoms with Crippen LogP contribution in [-0.2, 0) is 36.1 Å². The van der Waals surface area contributed by atoms with Crippen molar-refractivity contribution in [2.24, 2.45) is 17.8 Å². The minimum Gasteiger partial charge on any atom is -0.490 e. The number of nitrogens with one attached hydrogen (secondary N) is 1. The zero-order chi connectivity index (χ0) is 33.9. The van der Waals surface area contributed by atoms with E-state index in [0.29, 0.717) is 63.2 Å². The van der Waals surface area contributed by atoms with Crippen LogP contribution in [0.5, 0.6) is 5.75 Å². The van der Waals surface area contributed by atoms with Gasteiger partial charge in [-0.1, -0.05) is 36.7 Å². The van der Waals surface area contributed by atoms with Crippen molar-refractivity contribution in [2.75, 3.05) is 58.1 Å². The molecule has 2 aliphatic carbocycles. The van der Waals surface area contributed by atoms with E-state index in [1.54, 1.807) is 20.1 Å². The molecule has 0 unspecified atom stereocenters. The third-order valence-corrected chi connectivity index (χ3v) is 13.1. The first-order valence-electron chi connectivity index (χ1n) is 17.3. The van der Waals surface area contributed by atoms with Gasteiger partial charge in [-0.3, -0.25) is 4.79 Å². The second-order valence-corrected chi connectivity index (χ2v) is 16.5. The summed E-state index contributed by atoms with van der Waals surface area (Å²) in [5.41, 5.74) is 3.39. The van der Waals surface area contributed by atoms with Crippen LogP contribution in [0, 0.1) is 17.8 Å². The van der Waals surface area contributed by atoms with Crippen LogP contribution >= 0.6 is 11.6 Å². The maximum atomic E-state index is 13.5. The molecule has 0 aromatic heterocycles. The Kier molecular flexibility index (Phi) is 11.1. The van der Waals surface area contributed by atoms with E-state index >= 15 is 0 Å². The molecule has 1 fully saturated rings. The number of amides is 1. The number of fused-ring (bicyclic) bond motifs is 4. The van der Waals surface area contributed by atoms with Crippen molar-refractivity contribution in [2.45, 2.75) is 69.1 Å². The predicted octanol–water partition coefficient (Wildman–Crippen LogP) is 5.93. The first kappa shape index (κ1) is 35.2. The van der Waals surface area contributed by atoms with Gasteiger partial charge in [0.25, 0.3) is 5.91 Å². The Morgan fingerprint density at radius 2 is 1.92 bits per heavy atom. The van der Waals surface area contributed by atoms with Crippen molar-refractivity contribution in [3.05, 3.63) is 70.3 Å². The molecular formula is C37H49ClN2O7S. The average molecular weight is 701 g/mol. The highest BCUT2D eigenvalue weighted by atomic mass is 35.5. The number of ether oxygens (including phenoxy) is 4. The molecule has 9 nitrogen and oxygen atoms in total. The van der Waals surface area contributed by atoms with Gasteiger partial charge in [0.05, 0.1) is 50.1 Å². The van der Waals surface area contributed by atoms with E-state index in [9.17, 15) is 13.2 Å². The van der Waals surface area contributed by atoms with Crippen LogP contribution in [0.4, 0.5) is 5.69 Å². The molecule has 2 heterocycles. The number of sulfonamides is 1. The van der Waals surface area contributed by atoms with Gasteiger partial charge in [0.15, 0.2) is 0 Å². The van der Waals surface area contributed by atoms with Crippen LogP contribution in [0.2, 0.25) is 5.02 Å². The minimum atomic E-state index is -3.93. The van der Waals surface area contributed by atoms with Crippen molar-refractivity contribution in [3.8, 4) is 5.75 Å². The van der Waals surface area contributed by atoms with Gasteiger partial charge in [-0.25, -0.2) is 13.1 Å². The maximum Gasteiger partial charge on any atom is 0.264 e. The number of aryl methyl sites for hydroxylation is 1. The van der Waals surface area contributed by atoms with Crippen LogP contribution in [0.3, 0.4) is 0 Å². The monoisotopic (exact) mass is 700 g/mol. The van der Waals surface area contributed by atoms with E-state index in [2.05, 4.69) is 33.9 Å². The highest BCUT2D eigenvalue weighted by molar-refractivity contribution is 7.90. The molecule has 48 heavy (non-hydrogen) atoms. The molecule has 4 aliphatic rings. The summed E-state index contributed by atoms with van der Waals surface area (Å²) in [6.45, 7) is 7.53. The molecule has 0 radical (unpaired) electrons. The molecule has 0 saturated heterocycles. The number of benzene rings is 2. The molecule has 2 aromatic carbocycles. The molecule has 2 aromatic rings. The summed E-state index contributed by atoms with van der Waals surface area (Å²) in [6, 6.07) is 11.5. The van der Waals surface area contributed by atoms with Gasteiger partial charge in [0.1, 0.15) is 5.75 Å². The number of carbonyl (C=O) groups excluding carboxylic acids is 1. The predicted molar refractivity (Wildman–Crippen MR) is 188 cm³/mol. The molecule has 2 aliphatic heterocycles. The van der Waals surface area contributed by atoms with E-state index in [1.165, 1.54) is 11.1 Å². The van der Waals surface area contributed by atoms with Gasteiger partial charge in [0, 0.05) is 36.2 Å². The fourth-order valence-corrected chi connectivity index (χ4v) is 9.29. The summed E-state index contributed by atoms with van der Waals surface area (Å²) >= 11 is 6.44. The normalized spacial score (nSPS) is 30.6. The Morgan fingerprint density at radius 1 is 1.08 bits per heavy atom. The molecule has 6 atom stereocenters. The highest BCUT2D eigenvalue weighted by Gasteiger charge is 2.44. The molecule has 11 heteroatoms. The van der Waals surface area contributed by atoms with Crippen LogP contribution < -0.4 is 14.4 Å². The van der Waals surface area contributed by atoms with Crippen LogP contribution in [0.15, 0.2) is 48.6 Å². The van der Waals surface area contributed by atoms with Gasteiger partial charge >= 0.3 is 0 Å². The Morgan fingerprint density at radius 3 is 2.71 bits per heavy atom. The second-order valence-electron chi connectivity index (χ2n) is 14.1. The first-order chi connectivity index (χ1) is 23.1. The van der Waals surface area contributed by atoms with Gasteiger partial charge in [-0.15, -0.1) is 0 Å². The van der Waals surface area contributed by atoms with Crippen LogP contribution in [0.25, 0.3) is 0 Å². The van der Waals surface area contributed by atoms with Gasteiger partial charge < -0.3 is 23.8 Å². The highest BCUT2D eigenvalue weighted by Crippen LogP contribution is 2.47. The van der Waals surface area contributed by atoms with E-state index in [-0.39, 0.29) is 23.4 Å². The SMILES string of the molecule is COCCOCCO[C@H]1/C=C/C[C@H](C)[C@@H](C)S(=O)(=O)NC(=O)c2ccc3c(c2)N(C[C@@H]2CC[C@H]21)C[C@@]1(CCCc2cc(Cl)ccc21)CO3. The van der Waals surface area contributed by atoms with Crippen molar-refractivity contribution >= 4 is 33.2 Å².